The molecular weight excluding hydrogens is 438 g/mol. The number of hydrogen-bond donors (Lipinski definition) is 4. The molecule has 1 unspecified atom stereocenters. The molecule has 1 aliphatic heterocycles. The molecule has 164 valence electrons. The Labute approximate surface area is 175 Å². The number of ether oxygens (including phenoxy) is 1. The number of H-pyrrole nitrogens is 1. The summed E-state index contributed by atoms with van der Waals surface area (Å²) in [6.07, 6.45) is 1.19. The first-order chi connectivity index (χ1) is 14.9. The van der Waals surface area contributed by atoms with Gasteiger partial charge in [0.2, 0.25) is 0 Å². The quantitative estimate of drug-likeness (QED) is 0.421. The summed E-state index contributed by atoms with van der Waals surface area (Å²) in [6.45, 7) is 2.14. The van der Waals surface area contributed by atoms with Gasteiger partial charge in [-0.15, -0.1) is 0 Å². The van der Waals surface area contributed by atoms with Gasteiger partial charge in [0.05, 0.1) is 18.9 Å². The van der Waals surface area contributed by atoms with E-state index in [4.69, 9.17) is 4.74 Å². The molecule has 12 nitrogen and oxygen atoms in total. The van der Waals surface area contributed by atoms with E-state index in [-0.39, 0.29) is 5.82 Å². The Morgan fingerprint density at radius 1 is 1.23 bits per heavy atom. The average molecular weight is 453 g/mol. The highest BCUT2D eigenvalue weighted by atomic mass is 32.2. The number of halogens is 2. The highest BCUT2D eigenvalue weighted by Crippen LogP contribution is 2.30. The third-order valence-electron chi connectivity index (χ3n) is 4.40. The summed E-state index contributed by atoms with van der Waals surface area (Å²) in [5, 5.41) is 11.8. The van der Waals surface area contributed by atoms with Crippen molar-refractivity contribution in [1.29, 1.82) is 0 Å². The van der Waals surface area contributed by atoms with E-state index in [1.165, 1.54) is 6.33 Å². The minimum atomic E-state index is -2.83. The second-order valence-corrected chi connectivity index (χ2v) is 6.97. The van der Waals surface area contributed by atoms with E-state index in [1.807, 2.05) is 10.2 Å². The lowest BCUT2D eigenvalue weighted by Gasteiger charge is -2.27. The molecule has 0 aliphatic carbocycles. The number of nitrogens with one attached hydrogen (secondary N) is 4. The van der Waals surface area contributed by atoms with Gasteiger partial charge >= 0.3 is 6.03 Å². The van der Waals surface area contributed by atoms with Crippen LogP contribution >= 0.6 is 0 Å². The van der Waals surface area contributed by atoms with Crippen molar-refractivity contribution in [3.05, 3.63) is 30.1 Å². The number of aromatic amines is 1. The molecule has 2 amide bonds. The van der Waals surface area contributed by atoms with Gasteiger partial charge in [-0.05, 0) is 12.1 Å². The second-order valence-electron chi connectivity index (χ2n) is 6.29. The Morgan fingerprint density at radius 3 is 2.74 bits per heavy atom. The molecule has 0 bridgehead atoms. The fraction of sp³-hybridized carbons (Fsp3) is 0.250. The lowest BCUT2D eigenvalue weighted by Crippen LogP contribution is -2.36. The third-order valence-corrected chi connectivity index (χ3v) is 4.79. The summed E-state index contributed by atoms with van der Waals surface area (Å²) in [5.41, 5.74) is -1.01. The molecule has 0 spiro atoms. The number of amides is 2. The Morgan fingerprint density at radius 2 is 2.00 bits per heavy atom. The molecule has 1 fully saturated rings. The van der Waals surface area contributed by atoms with Crippen LogP contribution in [0.1, 0.15) is 0 Å². The van der Waals surface area contributed by atoms with Crippen molar-refractivity contribution in [3.8, 4) is 0 Å². The van der Waals surface area contributed by atoms with Gasteiger partial charge in [0.25, 0.3) is 0 Å². The number of hydrogen-bond acceptors (Lipinski definition) is 8. The fourth-order valence-corrected chi connectivity index (χ4v) is 3.37. The van der Waals surface area contributed by atoms with E-state index in [2.05, 4.69) is 25.5 Å². The Hall–Kier alpha value is -3.43. The summed E-state index contributed by atoms with van der Waals surface area (Å²) in [5.74, 6) is -1.83. The summed E-state index contributed by atoms with van der Waals surface area (Å²) in [6, 6.07) is 0.688. The van der Waals surface area contributed by atoms with Crippen LogP contribution in [-0.2, 0) is 16.0 Å². The van der Waals surface area contributed by atoms with E-state index >= 15 is 0 Å². The van der Waals surface area contributed by atoms with Gasteiger partial charge < -0.3 is 24.2 Å². The van der Waals surface area contributed by atoms with Crippen LogP contribution in [0.5, 0.6) is 0 Å². The number of carbonyl (C=O) groups excluding carboxylic acids is 1. The lowest BCUT2D eigenvalue weighted by atomic mass is 10.2. The largest absolute Gasteiger partial charge is 0.755 e. The van der Waals surface area contributed by atoms with Crippen molar-refractivity contribution in [2.24, 2.45) is 0 Å². The molecule has 4 N–H and O–H groups in total. The first kappa shape index (κ1) is 20.8. The number of carbonyl (C=O) groups is 1. The number of aromatic nitrogens is 4. The Bertz CT molecular complexity index is 1150. The average Bonchev–Trinajstić information content (AvgIpc) is 3.19. The van der Waals surface area contributed by atoms with Crippen LogP contribution < -0.4 is 20.3 Å². The fourth-order valence-electron chi connectivity index (χ4n) is 3.03. The van der Waals surface area contributed by atoms with Gasteiger partial charge in [-0.2, -0.15) is 5.10 Å². The predicted molar refractivity (Wildman–Crippen MR) is 106 cm³/mol. The van der Waals surface area contributed by atoms with Gasteiger partial charge in [-0.3, -0.25) is 14.6 Å². The van der Waals surface area contributed by atoms with Crippen molar-refractivity contribution in [3.63, 3.8) is 0 Å². The van der Waals surface area contributed by atoms with Crippen LogP contribution in [-0.4, -0.2) is 61.3 Å². The predicted octanol–water partition coefficient (Wildman–Crippen LogP) is 1.32. The smallest absolute Gasteiger partial charge is 0.325 e. The van der Waals surface area contributed by atoms with Gasteiger partial charge in [0.1, 0.15) is 23.2 Å². The first-order valence-corrected chi connectivity index (χ1v) is 9.95. The van der Waals surface area contributed by atoms with Gasteiger partial charge in [0, 0.05) is 24.4 Å². The molecule has 3 aromatic rings. The molecule has 2 aromatic heterocycles. The highest BCUT2D eigenvalue weighted by Gasteiger charge is 2.22. The molecule has 15 heteroatoms. The van der Waals surface area contributed by atoms with E-state index in [9.17, 15) is 22.3 Å². The van der Waals surface area contributed by atoms with Crippen LogP contribution in [0.3, 0.4) is 0 Å². The van der Waals surface area contributed by atoms with Gasteiger partial charge in [-0.1, -0.05) is 0 Å². The number of morpholine rings is 1. The van der Waals surface area contributed by atoms with Crippen LogP contribution in [0, 0.1) is 11.6 Å². The number of nitrogens with zero attached hydrogens (tertiary/aromatic N) is 4. The van der Waals surface area contributed by atoms with Crippen molar-refractivity contribution < 1.29 is 27.1 Å². The third kappa shape index (κ3) is 4.37. The maximum Gasteiger partial charge on any atom is 0.325 e. The lowest BCUT2D eigenvalue weighted by molar-refractivity contribution is 0.122. The van der Waals surface area contributed by atoms with Crippen LogP contribution in [0.2, 0.25) is 0 Å². The molecule has 0 radical (unpaired) electrons. The highest BCUT2D eigenvalue weighted by molar-refractivity contribution is 7.80. The monoisotopic (exact) mass is 453 g/mol. The molecule has 0 saturated carbocycles. The summed E-state index contributed by atoms with van der Waals surface area (Å²) in [7, 11) is 0. The molecule has 1 aliphatic rings. The van der Waals surface area contributed by atoms with Crippen LogP contribution in [0.15, 0.2) is 18.5 Å². The minimum absolute atomic E-state index is 0.0634. The van der Waals surface area contributed by atoms with Crippen molar-refractivity contribution >= 4 is 51.3 Å². The summed E-state index contributed by atoms with van der Waals surface area (Å²) < 4.78 is 57.1. The first-order valence-electron chi connectivity index (χ1n) is 8.87. The number of benzene rings is 1. The molecule has 31 heavy (non-hydrogen) atoms. The molecule has 1 saturated heterocycles. The minimum Gasteiger partial charge on any atom is -0.755 e. The SMILES string of the molecule is O=C(Nc1c(F)ccc(NS(=O)[O-])c1F)Nc1ncnc2[nH]nc(N3CCOCC3)c12. The van der Waals surface area contributed by atoms with E-state index in [0.29, 0.717) is 43.2 Å². The molecule has 1 aromatic carbocycles. The summed E-state index contributed by atoms with van der Waals surface area (Å²) in [4.78, 5) is 22.5. The zero-order chi connectivity index (χ0) is 22.0. The maximum absolute atomic E-state index is 14.4. The molecular formula is C16H15F2N8O4S-. The summed E-state index contributed by atoms with van der Waals surface area (Å²) >= 11 is -2.83. The normalized spacial score (nSPS) is 15.0. The zero-order valence-corrected chi connectivity index (χ0v) is 16.5. The topological polar surface area (TPSA) is 160 Å². The zero-order valence-electron chi connectivity index (χ0n) is 15.6. The van der Waals surface area contributed by atoms with Crippen LogP contribution in [0.25, 0.3) is 11.0 Å². The Kier molecular flexibility index (Phi) is 5.88. The number of fused-ring (bicyclic) bond motifs is 1. The van der Waals surface area contributed by atoms with Crippen molar-refractivity contribution in [2.75, 3.05) is 46.6 Å². The van der Waals surface area contributed by atoms with E-state index in [1.54, 1.807) is 4.72 Å². The molecule has 3 heterocycles. The van der Waals surface area contributed by atoms with Crippen molar-refractivity contribution in [2.45, 2.75) is 0 Å². The second kappa shape index (κ2) is 8.75. The van der Waals surface area contributed by atoms with E-state index in [0.717, 1.165) is 12.1 Å². The van der Waals surface area contributed by atoms with Gasteiger partial charge in [0.15, 0.2) is 23.1 Å². The molecule has 4 rings (SSSR count). The number of anilines is 4. The standard InChI is InChI=1S/C16H16F2N8O4S/c17-8-1-2-9(25-31(28)29)11(18)12(8)21-16(27)22-13-10-14(20-7-19-13)23-24-15(10)26-3-5-30-6-4-26/h1-2,7,25H,3-6H2,(H,28,29)(H3,19,20,21,22,23,24,27)/p-1. The molecule has 1 atom stereocenters. The Balaban J connectivity index is 1.60. The van der Waals surface area contributed by atoms with Crippen LogP contribution in [0.4, 0.5) is 36.6 Å². The van der Waals surface area contributed by atoms with E-state index < -0.39 is 40.3 Å². The maximum atomic E-state index is 14.4. The number of urea groups is 1. The van der Waals surface area contributed by atoms with Gasteiger partial charge in [-0.25, -0.2) is 23.5 Å². The number of rotatable bonds is 5. The van der Waals surface area contributed by atoms with Crippen molar-refractivity contribution in [1.82, 2.24) is 20.2 Å².